The number of hydrogen-bond donors (Lipinski definition) is 2. The molecule has 0 atom stereocenters. The zero-order valence-electron chi connectivity index (χ0n) is 10.9. The van der Waals surface area contributed by atoms with E-state index < -0.39 is 0 Å². The van der Waals surface area contributed by atoms with Crippen molar-refractivity contribution in [3.8, 4) is 5.69 Å². The standard InChI is InChI=1S/C13H12N6O2/c14-7-9-5-6-12(21-9)13(20)16-10-3-1-2-4-11(10)19-8-15-17-18-19/h1-6,8H,7,14H2,(H,16,20). The lowest BCUT2D eigenvalue weighted by molar-refractivity contribution is 0.0995. The lowest BCUT2D eigenvalue weighted by Gasteiger charge is -2.08. The molecule has 8 heteroatoms. The Morgan fingerprint density at radius 3 is 2.86 bits per heavy atom. The number of nitrogens with zero attached hydrogens (tertiary/aromatic N) is 4. The van der Waals surface area contributed by atoms with Crippen molar-refractivity contribution >= 4 is 11.6 Å². The number of amides is 1. The highest BCUT2D eigenvalue weighted by Crippen LogP contribution is 2.19. The van der Waals surface area contributed by atoms with Gasteiger partial charge in [-0.3, -0.25) is 4.79 Å². The number of carbonyl (C=O) groups excluding carboxylic acids is 1. The molecule has 0 aliphatic carbocycles. The van der Waals surface area contributed by atoms with Crippen molar-refractivity contribution in [2.24, 2.45) is 5.73 Å². The molecule has 8 nitrogen and oxygen atoms in total. The molecule has 1 aromatic carbocycles. The molecule has 2 heterocycles. The number of carbonyl (C=O) groups is 1. The van der Waals surface area contributed by atoms with Crippen LogP contribution in [0, 0.1) is 0 Å². The molecule has 0 saturated heterocycles. The van der Waals surface area contributed by atoms with Gasteiger partial charge in [0.15, 0.2) is 5.76 Å². The van der Waals surface area contributed by atoms with Gasteiger partial charge in [-0.05, 0) is 34.7 Å². The van der Waals surface area contributed by atoms with Crippen molar-refractivity contribution in [2.75, 3.05) is 5.32 Å². The third kappa shape index (κ3) is 2.65. The molecule has 0 unspecified atom stereocenters. The average molecular weight is 284 g/mol. The van der Waals surface area contributed by atoms with Crippen LogP contribution in [0.25, 0.3) is 5.69 Å². The summed E-state index contributed by atoms with van der Waals surface area (Å²) in [7, 11) is 0. The van der Waals surface area contributed by atoms with Crippen LogP contribution in [-0.4, -0.2) is 26.1 Å². The van der Waals surface area contributed by atoms with Crippen molar-refractivity contribution in [2.45, 2.75) is 6.54 Å². The fraction of sp³-hybridized carbons (Fsp3) is 0.0769. The maximum atomic E-state index is 12.2. The van der Waals surface area contributed by atoms with Crippen molar-refractivity contribution in [1.82, 2.24) is 20.2 Å². The molecule has 3 aromatic rings. The van der Waals surface area contributed by atoms with E-state index in [1.165, 1.54) is 11.0 Å². The van der Waals surface area contributed by atoms with Crippen LogP contribution in [0.1, 0.15) is 16.3 Å². The average Bonchev–Trinajstić information content (AvgIpc) is 3.19. The summed E-state index contributed by atoms with van der Waals surface area (Å²) in [4.78, 5) is 12.2. The van der Waals surface area contributed by atoms with Crippen molar-refractivity contribution in [3.05, 3.63) is 54.2 Å². The SMILES string of the molecule is NCc1ccc(C(=O)Nc2ccccc2-n2cnnn2)o1. The number of nitrogens with two attached hydrogens (primary N) is 1. The lowest BCUT2D eigenvalue weighted by atomic mass is 10.2. The van der Waals surface area contributed by atoms with Crippen LogP contribution in [-0.2, 0) is 6.54 Å². The van der Waals surface area contributed by atoms with Gasteiger partial charge in [-0.15, -0.1) is 5.10 Å². The number of rotatable bonds is 4. The third-order valence-corrected chi connectivity index (χ3v) is 2.83. The van der Waals surface area contributed by atoms with E-state index in [4.69, 9.17) is 10.2 Å². The van der Waals surface area contributed by atoms with Crippen LogP contribution >= 0.6 is 0 Å². The molecule has 0 fully saturated rings. The molecule has 0 spiro atoms. The van der Waals surface area contributed by atoms with Gasteiger partial charge in [0, 0.05) is 0 Å². The summed E-state index contributed by atoms with van der Waals surface area (Å²) in [6.07, 6.45) is 1.45. The van der Waals surface area contributed by atoms with Crippen LogP contribution in [0.5, 0.6) is 0 Å². The second-order valence-electron chi connectivity index (χ2n) is 4.20. The van der Waals surface area contributed by atoms with E-state index in [9.17, 15) is 4.79 Å². The fourth-order valence-electron chi connectivity index (χ4n) is 1.84. The smallest absolute Gasteiger partial charge is 0.291 e. The van der Waals surface area contributed by atoms with E-state index in [1.807, 2.05) is 6.07 Å². The summed E-state index contributed by atoms with van der Waals surface area (Å²) in [5, 5.41) is 13.7. The number of furan rings is 1. The summed E-state index contributed by atoms with van der Waals surface area (Å²) < 4.78 is 6.77. The molecule has 0 saturated carbocycles. The first-order chi connectivity index (χ1) is 10.3. The number of benzene rings is 1. The molecule has 0 radical (unpaired) electrons. The zero-order chi connectivity index (χ0) is 14.7. The number of aromatic nitrogens is 4. The van der Waals surface area contributed by atoms with E-state index in [0.29, 0.717) is 17.1 Å². The van der Waals surface area contributed by atoms with E-state index >= 15 is 0 Å². The van der Waals surface area contributed by atoms with E-state index in [2.05, 4.69) is 20.8 Å². The molecular weight excluding hydrogens is 272 g/mol. The summed E-state index contributed by atoms with van der Waals surface area (Å²) in [5.74, 6) is 0.381. The molecule has 21 heavy (non-hydrogen) atoms. The predicted molar refractivity (Wildman–Crippen MR) is 73.7 cm³/mol. The van der Waals surface area contributed by atoms with Crippen LogP contribution in [0.2, 0.25) is 0 Å². The second kappa shape index (κ2) is 5.55. The molecule has 106 valence electrons. The molecule has 1 amide bonds. The van der Waals surface area contributed by atoms with Crippen molar-refractivity contribution < 1.29 is 9.21 Å². The zero-order valence-corrected chi connectivity index (χ0v) is 10.9. The highest BCUT2D eigenvalue weighted by atomic mass is 16.4. The minimum absolute atomic E-state index is 0.196. The van der Waals surface area contributed by atoms with Crippen LogP contribution in [0.4, 0.5) is 5.69 Å². The molecule has 0 aliphatic heterocycles. The largest absolute Gasteiger partial charge is 0.455 e. The summed E-state index contributed by atoms with van der Waals surface area (Å²) in [6.45, 7) is 0.245. The highest BCUT2D eigenvalue weighted by Gasteiger charge is 2.13. The first kappa shape index (κ1) is 13.0. The summed E-state index contributed by atoms with van der Waals surface area (Å²) in [5.41, 5.74) is 6.68. The molecule has 3 rings (SSSR count). The van der Waals surface area contributed by atoms with Gasteiger partial charge in [0.1, 0.15) is 12.1 Å². The predicted octanol–water partition coefficient (Wildman–Crippen LogP) is 0.966. The monoisotopic (exact) mass is 284 g/mol. The van der Waals surface area contributed by atoms with Crippen molar-refractivity contribution in [3.63, 3.8) is 0 Å². The number of hydrogen-bond acceptors (Lipinski definition) is 6. The van der Waals surface area contributed by atoms with Crippen molar-refractivity contribution in [1.29, 1.82) is 0 Å². The van der Waals surface area contributed by atoms with Gasteiger partial charge >= 0.3 is 0 Å². The van der Waals surface area contributed by atoms with E-state index in [0.717, 1.165) is 0 Å². The molecule has 0 aliphatic rings. The normalized spacial score (nSPS) is 10.5. The molecular formula is C13H12N6O2. The topological polar surface area (TPSA) is 112 Å². The first-order valence-corrected chi connectivity index (χ1v) is 6.20. The maximum absolute atomic E-state index is 12.2. The Bertz CT molecular complexity index is 750. The van der Waals surface area contributed by atoms with Gasteiger partial charge in [-0.1, -0.05) is 12.1 Å². The quantitative estimate of drug-likeness (QED) is 0.738. The molecule has 3 N–H and O–H groups in total. The Morgan fingerprint density at radius 2 is 2.14 bits per heavy atom. The Balaban J connectivity index is 1.86. The van der Waals surface area contributed by atoms with Gasteiger partial charge < -0.3 is 15.5 Å². The minimum atomic E-state index is -0.366. The Labute approximate surface area is 119 Å². The van der Waals surface area contributed by atoms with Gasteiger partial charge in [-0.2, -0.15) is 4.68 Å². The summed E-state index contributed by atoms with van der Waals surface area (Å²) >= 11 is 0. The highest BCUT2D eigenvalue weighted by molar-refractivity contribution is 6.03. The molecule has 0 bridgehead atoms. The van der Waals surface area contributed by atoms with E-state index in [-0.39, 0.29) is 18.2 Å². The van der Waals surface area contributed by atoms with Crippen LogP contribution in [0.3, 0.4) is 0 Å². The molecule has 2 aromatic heterocycles. The number of nitrogens with one attached hydrogen (secondary N) is 1. The minimum Gasteiger partial charge on any atom is -0.455 e. The van der Waals surface area contributed by atoms with Gasteiger partial charge in [0.05, 0.1) is 17.9 Å². The maximum Gasteiger partial charge on any atom is 0.291 e. The Morgan fingerprint density at radius 1 is 1.29 bits per heavy atom. The summed E-state index contributed by atoms with van der Waals surface area (Å²) in [6, 6.07) is 10.4. The Hall–Kier alpha value is -3.00. The van der Waals surface area contributed by atoms with Crippen LogP contribution in [0.15, 0.2) is 47.1 Å². The Kier molecular flexibility index (Phi) is 3.44. The number of tetrazole rings is 1. The van der Waals surface area contributed by atoms with E-state index in [1.54, 1.807) is 30.3 Å². The number of para-hydroxylation sites is 2. The first-order valence-electron chi connectivity index (χ1n) is 6.20. The van der Waals surface area contributed by atoms with Gasteiger partial charge in [0.2, 0.25) is 0 Å². The van der Waals surface area contributed by atoms with Gasteiger partial charge in [0.25, 0.3) is 5.91 Å². The number of anilines is 1. The van der Waals surface area contributed by atoms with Gasteiger partial charge in [-0.25, -0.2) is 0 Å². The lowest BCUT2D eigenvalue weighted by Crippen LogP contribution is -2.13. The van der Waals surface area contributed by atoms with Crippen LogP contribution < -0.4 is 11.1 Å². The second-order valence-corrected chi connectivity index (χ2v) is 4.20. The third-order valence-electron chi connectivity index (χ3n) is 2.83. The fourth-order valence-corrected chi connectivity index (χ4v) is 1.84.